The molecule has 0 saturated heterocycles. The molecule has 0 bridgehead atoms. The molecule has 2 aliphatic rings. The fourth-order valence-electron chi connectivity index (χ4n) is 6.58. The van der Waals surface area contributed by atoms with Crippen LogP contribution in [0.5, 0.6) is 0 Å². The van der Waals surface area contributed by atoms with Crippen molar-refractivity contribution in [2.45, 2.75) is 63.4 Å². The smallest absolute Gasteiger partial charge is 0.211 e. The Labute approximate surface area is 336 Å². The maximum absolute atomic E-state index is 12.9. The lowest BCUT2D eigenvalue weighted by atomic mass is 10.0. The number of carbonyl (C=O) groups is 1. The molecule has 4 heterocycles. The van der Waals surface area contributed by atoms with E-state index in [1.165, 1.54) is 72.5 Å². The van der Waals surface area contributed by atoms with Crippen LogP contribution in [0.3, 0.4) is 0 Å². The van der Waals surface area contributed by atoms with E-state index in [0.717, 1.165) is 24.9 Å². The lowest BCUT2D eigenvalue weighted by Crippen LogP contribution is -2.36. The summed E-state index contributed by atoms with van der Waals surface area (Å²) in [5.74, 6) is 0.248. The first-order chi connectivity index (χ1) is 27.3. The predicted octanol–water partition coefficient (Wildman–Crippen LogP) is 7.72. The lowest BCUT2D eigenvalue weighted by Gasteiger charge is -2.08. The molecular formula is C47H47N2O6S2+. The molecule has 7 rings (SSSR count). The average Bonchev–Trinajstić information content (AvgIpc) is 3.55. The van der Waals surface area contributed by atoms with Crippen LogP contribution in [-0.2, 0) is 32.8 Å². The van der Waals surface area contributed by atoms with Gasteiger partial charge in [-0.15, -0.1) is 0 Å². The van der Waals surface area contributed by atoms with Gasteiger partial charge in [0.25, 0.3) is 0 Å². The van der Waals surface area contributed by atoms with E-state index >= 15 is 0 Å². The first-order valence-corrected chi connectivity index (χ1v) is 22.1. The zero-order chi connectivity index (χ0) is 40.7. The topological polar surface area (TPSA) is 116 Å². The van der Waals surface area contributed by atoms with Crippen LogP contribution < -0.4 is 14.2 Å². The lowest BCUT2D eigenvalue weighted by molar-refractivity contribution is -0.703. The molecule has 10 heteroatoms. The molecule has 0 N–H and O–H groups in total. The Morgan fingerprint density at radius 3 is 1.61 bits per heavy atom. The number of allylic oxidation sites excluding steroid dienone is 6. The van der Waals surface area contributed by atoms with Gasteiger partial charge >= 0.3 is 0 Å². The molecule has 0 radical (unpaired) electrons. The van der Waals surface area contributed by atoms with E-state index in [1.807, 2.05) is 0 Å². The zero-order valence-corrected chi connectivity index (χ0v) is 34.2. The molecule has 57 heavy (non-hydrogen) atoms. The number of benzene rings is 3. The highest BCUT2D eigenvalue weighted by atomic mass is 32.2. The summed E-state index contributed by atoms with van der Waals surface area (Å²) >= 11 is 0. The Morgan fingerprint density at radius 1 is 0.649 bits per heavy atom. The Balaban J connectivity index is 0.000000215. The molecule has 2 aliphatic heterocycles. The standard InChI is InChI=1S/C27H18O6S2.C20H30N2/c28-26-20-10-4-6-12-22(20)34(30,31)24(26)16-14-19(18-8-2-1-3-9-18)15-17-25-27(29)21-11-5-7-13-23(21)35(25,32)33;1-5-17(3)15-21-11-7-19(8-12-21)20-9-13-22(14-10-20)16-18(4)6-2/h1-17,28H;7-14,17-18H,5-6,15-16H2,1-4H3/q;+2/p-1. The van der Waals surface area contributed by atoms with E-state index in [-0.39, 0.29) is 30.7 Å². The van der Waals surface area contributed by atoms with Gasteiger partial charge in [-0.2, -0.15) is 0 Å². The van der Waals surface area contributed by atoms with Gasteiger partial charge in [-0.1, -0.05) is 106 Å². The number of fused-ring (bicyclic) bond motifs is 2. The van der Waals surface area contributed by atoms with Gasteiger partial charge in [0.2, 0.25) is 25.5 Å². The summed E-state index contributed by atoms with van der Waals surface area (Å²) in [6, 6.07) is 29.7. The van der Waals surface area contributed by atoms with Gasteiger partial charge in [0.05, 0.1) is 14.7 Å². The molecule has 0 amide bonds. The van der Waals surface area contributed by atoms with Crippen LogP contribution in [0.4, 0.5) is 0 Å². The summed E-state index contributed by atoms with van der Waals surface area (Å²) < 4.78 is 56.2. The van der Waals surface area contributed by atoms with Crippen LogP contribution in [-0.4, -0.2) is 22.6 Å². The number of carbonyl (C=O) groups excluding carboxylic acids is 1. The minimum Gasteiger partial charge on any atom is -0.871 e. The van der Waals surface area contributed by atoms with Crippen LogP contribution in [0, 0.1) is 11.8 Å². The van der Waals surface area contributed by atoms with E-state index in [0.29, 0.717) is 11.1 Å². The molecule has 3 aromatic carbocycles. The van der Waals surface area contributed by atoms with Crippen molar-refractivity contribution in [3.05, 3.63) is 179 Å². The summed E-state index contributed by atoms with van der Waals surface area (Å²) in [6.45, 7) is 11.3. The molecule has 0 fully saturated rings. The monoisotopic (exact) mass is 799 g/mol. The Bertz CT molecular complexity index is 2550. The molecular weight excluding hydrogens is 753 g/mol. The van der Waals surface area contributed by atoms with Crippen LogP contribution in [0.15, 0.2) is 172 Å². The summed E-state index contributed by atoms with van der Waals surface area (Å²) in [7, 11) is -7.96. The SMILES string of the molecule is CCC(C)C[n+]1ccc(-c2cc[n+](CC(C)CC)cc2)cc1.O=C1C(=CC=C(C=CC2=C([O-])c3ccccc3S2(=O)=O)c2ccccc2)S(=O)(=O)c2ccccc21. The number of sulfone groups is 2. The molecule has 8 nitrogen and oxygen atoms in total. The minimum absolute atomic E-state index is 0.0441. The number of rotatable bonds is 11. The van der Waals surface area contributed by atoms with Gasteiger partial charge in [0.1, 0.15) is 4.91 Å². The quantitative estimate of drug-likeness (QED) is 0.0768. The minimum atomic E-state index is -3.98. The zero-order valence-electron chi connectivity index (χ0n) is 32.6. The second-order valence-electron chi connectivity index (χ2n) is 14.5. The highest BCUT2D eigenvalue weighted by molar-refractivity contribution is 7.97. The normalized spacial score (nSPS) is 17.2. The van der Waals surface area contributed by atoms with E-state index in [9.17, 15) is 26.7 Å². The van der Waals surface area contributed by atoms with Crippen molar-refractivity contribution in [1.82, 2.24) is 0 Å². The summed E-state index contributed by atoms with van der Waals surface area (Å²) in [5.41, 5.74) is 3.86. The van der Waals surface area contributed by atoms with Crippen molar-refractivity contribution in [3.8, 4) is 11.1 Å². The molecule has 0 spiro atoms. The fourth-order valence-corrected chi connectivity index (χ4v) is 9.68. The molecule has 0 saturated carbocycles. The molecule has 2 aromatic heterocycles. The fraction of sp³-hybridized carbons (Fsp3) is 0.213. The Kier molecular flexibility index (Phi) is 12.6. The largest absolute Gasteiger partial charge is 0.871 e. The highest BCUT2D eigenvalue weighted by Crippen LogP contribution is 2.38. The third-order valence-corrected chi connectivity index (χ3v) is 14.0. The number of hydrogen-bond donors (Lipinski definition) is 0. The van der Waals surface area contributed by atoms with Crippen molar-refractivity contribution in [2.75, 3.05) is 0 Å². The van der Waals surface area contributed by atoms with Gasteiger partial charge in [-0.05, 0) is 71.0 Å². The summed E-state index contributed by atoms with van der Waals surface area (Å²) in [5, 5.41) is 12.8. The number of Topliss-reactive ketones (excluding diaryl/α,β-unsaturated/α-hetero) is 1. The van der Waals surface area contributed by atoms with Crippen LogP contribution in [0.1, 0.15) is 62.0 Å². The van der Waals surface area contributed by atoms with E-state index in [1.54, 1.807) is 54.6 Å². The third-order valence-electron chi connectivity index (χ3n) is 10.4. The van der Waals surface area contributed by atoms with E-state index in [2.05, 4.69) is 85.9 Å². The average molecular weight is 800 g/mol. The molecule has 2 unspecified atom stereocenters. The van der Waals surface area contributed by atoms with Gasteiger partial charge in [0.15, 0.2) is 37.9 Å². The van der Waals surface area contributed by atoms with E-state index in [4.69, 9.17) is 0 Å². The van der Waals surface area contributed by atoms with Crippen molar-refractivity contribution >= 4 is 36.8 Å². The number of hydrogen-bond acceptors (Lipinski definition) is 6. The first-order valence-electron chi connectivity index (χ1n) is 19.1. The molecule has 292 valence electrons. The van der Waals surface area contributed by atoms with Crippen LogP contribution in [0.2, 0.25) is 0 Å². The van der Waals surface area contributed by atoms with Gasteiger partial charge < -0.3 is 5.11 Å². The number of ketones is 1. The van der Waals surface area contributed by atoms with Crippen molar-refractivity contribution < 1.29 is 35.9 Å². The second kappa shape index (κ2) is 17.6. The number of nitrogens with zero attached hydrogens (tertiary/aromatic N) is 2. The summed E-state index contributed by atoms with van der Waals surface area (Å²) in [6.07, 6.45) is 16.5. The predicted molar refractivity (Wildman–Crippen MR) is 221 cm³/mol. The highest BCUT2D eigenvalue weighted by Gasteiger charge is 2.38. The van der Waals surface area contributed by atoms with Gasteiger partial charge in [0, 0.05) is 41.7 Å². The molecule has 2 atom stereocenters. The maximum atomic E-state index is 12.9. The third kappa shape index (κ3) is 8.98. The Hall–Kier alpha value is -5.71. The van der Waals surface area contributed by atoms with Crippen LogP contribution >= 0.6 is 0 Å². The van der Waals surface area contributed by atoms with E-state index < -0.39 is 31.2 Å². The van der Waals surface area contributed by atoms with Crippen molar-refractivity contribution in [3.63, 3.8) is 0 Å². The van der Waals surface area contributed by atoms with Crippen molar-refractivity contribution in [2.24, 2.45) is 11.8 Å². The Morgan fingerprint density at radius 2 is 1.12 bits per heavy atom. The molecule has 5 aromatic rings. The number of aromatic nitrogens is 2. The van der Waals surface area contributed by atoms with Gasteiger partial charge in [-0.25, -0.2) is 26.0 Å². The van der Waals surface area contributed by atoms with Crippen LogP contribution in [0.25, 0.3) is 22.5 Å². The summed E-state index contributed by atoms with van der Waals surface area (Å²) in [4.78, 5) is 11.9. The maximum Gasteiger partial charge on any atom is 0.211 e. The molecule has 0 aliphatic carbocycles. The number of pyridine rings is 2. The van der Waals surface area contributed by atoms with Gasteiger partial charge in [-0.3, -0.25) is 4.79 Å². The van der Waals surface area contributed by atoms with Crippen molar-refractivity contribution in [1.29, 1.82) is 0 Å². The second-order valence-corrected chi connectivity index (χ2v) is 18.2. The first kappa shape index (κ1) is 40.9.